The Labute approximate surface area is 272 Å². The number of aromatic nitrogens is 1. The van der Waals surface area contributed by atoms with Gasteiger partial charge in [-0.15, -0.1) is 0 Å². The van der Waals surface area contributed by atoms with E-state index in [-0.39, 0.29) is 24.4 Å². The van der Waals surface area contributed by atoms with Crippen molar-refractivity contribution < 1.29 is 19.1 Å². The molecule has 3 aromatic rings. The number of fused-ring (bicyclic) bond motifs is 1. The van der Waals surface area contributed by atoms with Crippen molar-refractivity contribution in [2.45, 2.75) is 37.8 Å². The highest BCUT2D eigenvalue weighted by Crippen LogP contribution is 2.27. The molecule has 4 heterocycles. The molecule has 0 radical (unpaired) electrons. The maximum absolute atomic E-state index is 13.8. The summed E-state index contributed by atoms with van der Waals surface area (Å²) >= 11 is 12.4. The predicted molar refractivity (Wildman–Crippen MR) is 174 cm³/mol. The highest BCUT2D eigenvalue weighted by molar-refractivity contribution is 6.42. The minimum Gasteiger partial charge on any atom is -0.436 e. The molecule has 0 bridgehead atoms. The van der Waals surface area contributed by atoms with Crippen LogP contribution in [-0.4, -0.2) is 95.7 Å². The van der Waals surface area contributed by atoms with Gasteiger partial charge in [0.15, 0.2) is 6.10 Å². The molecule has 1 unspecified atom stereocenters. The maximum Gasteiger partial charge on any atom is 0.410 e. The summed E-state index contributed by atoms with van der Waals surface area (Å²) in [6.45, 7) is 3.80. The zero-order chi connectivity index (χ0) is 31.3. The van der Waals surface area contributed by atoms with Gasteiger partial charge in [-0.05, 0) is 60.7 Å². The lowest BCUT2D eigenvalue weighted by atomic mass is 10.0. The van der Waals surface area contributed by atoms with Crippen LogP contribution in [0.25, 0.3) is 0 Å². The topological polar surface area (TPSA) is 98.3 Å². The van der Waals surface area contributed by atoms with Crippen LogP contribution < -0.4 is 10.2 Å². The third-order valence-corrected chi connectivity index (χ3v) is 9.59. The van der Waals surface area contributed by atoms with Crippen molar-refractivity contribution in [2.75, 3.05) is 56.0 Å². The Bertz CT molecular complexity index is 1530. The Balaban J connectivity index is 1.08. The number of nitrogens with zero attached hydrogens (tertiary/aromatic N) is 5. The van der Waals surface area contributed by atoms with Crippen LogP contribution in [0.1, 0.15) is 24.0 Å². The molecule has 0 aliphatic carbocycles. The number of nitrogens with one attached hydrogen (secondary N) is 1. The molecular formula is C33H36Cl2N6O4. The SMILES string of the molecule is O=C(OC(Cc1ccc(Cl)c(Cl)c1)C(=O)N1CCN(c2ccncc2)CC1)N1CCC(N2CCc3ccccc3NC2=O)CC1. The Morgan fingerprint density at radius 1 is 0.889 bits per heavy atom. The van der Waals surface area contributed by atoms with Crippen molar-refractivity contribution in [1.29, 1.82) is 0 Å². The number of likely N-dealkylation sites (tertiary alicyclic amines) is 1. The molecule has 6 rings (SSSR count). The molecule has 2 fully saturated rings. The van der Waals surface area contributed by atoms with Crippen LogP contribution in [0.5, 0.6) is 0 Å². The van der Waals surface area contributed by atoms with Gasteiger partial charge in [-0.1, -0.05) is 47.5 Å². The van der Waals surface area contributed by atoms with E-state index in [0.29, 0.717) is 68.7 Å². The van der Waals surface area contributed by atoms with Crippen molar-refractivity contribution in [2.24, 2.45) is 0 Å². The zero-order valence-corrected chi connectivity index (χ0v) is 26.4. The van der Waals surface area contributed by atoms with Gasteiger partial charge in [-0.3, -0.25) is 9.78 Å². The monoisotopic (exact) mass is 650 g/mol. The summed E-state index contributed by atoms with van der Waals surface area (Å²) in [7, 11) is 0. The van der Waals surface area contributed by atoms with Crippen LogP contribution in [0, 0.1) is 0 Å². The number of anilines is 2. The number of amides is 4. The van der Waals surface area contributed by atoms with Gasteiger partial charge < -0.3 is 29.7 Å². The van der Waals surface area contributed by atoms with E-state index < -0.39 is 12.2 Å². The molecule has 3 aliphatic rings. The molecule has 236 valence electrons. The van der Waals surface area contributed by atoms with Crippen LogP contribution in [-0.2, 0) is 22.4 Å². The van der Waals surface area contributed by atoms with E-state index in [1.165, 1.54) is 0 Å². The van der Waals surface area contributed by atoms with Crippen molar-refractivity contribution in [1.82, 2.24) is 19.7 Å². The van der Waals surface area contributed by atoms with Crippen molar-refractivity contribution in [3.8, 4) is 0 Å². The fourth-order valence-corrected chi connectivity index (χ4v) is 6.62. The van der Waals surface area contributed by atoms with Gasteiger partial charge in [0.25, 0.3) is 5.91 Å². The molecule has 1 aromatic heterocycles. The summed E-state index contributed by atoms with van der Waals surface area (Å²) in [5.74, 6) is -0.237. The molecular weight excluding hydrogens is 615 g/mol. The van der Waals surface area contributed by atoms with E-state index in [1.807, 2.05) is 41.3 Å². The Hall–Kier alpha value is -4.02. The number of urea groups is 1. The van der Waals surface area contributed by atoms with E-state index >= 15 is 0 Å². The summed E-state index contributed by atoms with van der Waals surface area (Å²) < 4.78 is 5.96. The van der Waals surface area contributed by atoms with Gasteiger partial charge in [0.05, 0.1) is 10.0 Å². The highest BCUT2D eigenvalue weighted by Gasteiger charge is 2.35. The Morgan fingerprint density at radius 3 is 2.36 bits per heavy atom. The summed E-state index contributed by atoms with van der Waals surface area (Å²) in [5.41, 5.74) is 3.77. The van der Waals surface area contributed by atoms with Crippen molar-refractivity contribution in [3.05, 3.63) is 88.2 Å². The first-order valence-corrected chi connectivity index (χ1v) is 16.1. The number of piperidine rings is 1. The lowest BCUT2D eigenvalue weighted by Gasteiger charge is -2.39. The third-order valence-electron chi connectivity index (χ3n) is 8.85. The Kier molecular flexibility index (Phi) is 9.61. The molecule has 2 saturated heterocycles. The fourth-order valence-electron chi connectivity index (χ4n) is 6.30. The van der Waals surface area contributed by atoms with Gasteiger partial charge in [-0.2, -0.15) is 0 Å². The smallest absolute Gasteiger partial charge is 0.410 e. The highest BCUT2D eigenvalue weighted by atomic mass is 35.5. The predicted octanol–water partition coefficient (Wildman–Crippen LogP) is 5.34. The molecule has 10 nitrogen and oxygen atoms in total. The van der Waals surface area contributed by atoms with Gasteiger partial charge >= 0.3 is 12.1 Å². The lowest BCUT2D eigenvalue weighted by molar-refractivity contribution is -0.141. The number of pyridine rings is 1. The number of rotatable bonds is 6. The molecule has 3 aliphatic heterocycles. The van der Waals surface area contributed by atoms with Crippen molar-refractivity contribution in [3.63, 3.8) is 0 Å². The number of hydrogen-bond donors (Lipinski definition) is 1. The summed E-state index contributed by atoms with van der Waals surface area (Å²) in [6, 6.07) is 16.8. The number of ether oxygens (including phenoxy) is 1. The van der Waals surface area contributed by atoms with Gasteiger partial charge in [-0.25, -0.2) is 9.59 Å². The number of benzene rings is 2. The van der Waals surface area contributed by atoms with E-state index in [2.05, 4.69) is 15.2 Å². The van der Waals surface area contributed by atoms with Crippen molar-refractivity contribution >= 4 is 52.6 Å². The lowest BCUT2D eigenvalue weighted by Crippen LogP contribution is -2.54. The first-order chi connectivity index (χ1) is 21.9. The Morgan fingerprint density at radius 2 is 1.62 bits per heavy atom. The van der Waals surface area contributed by atoms with Crippen LogP contribution >= 0.6 is 23.2 Å². The van der Waals surface area contributed by atoms with Crippen LogP contribution in [0.15, 0.2) is 67.0 Å². The minimum absolute atomic E-state index is 0.00805. The molecule has 4 amide bonds. The first-order valence-electron chi connectivity index (χ1n) is 15.3. The van der Waals surface area contributed by atoms with Crippen LogP contribution in [0.3, 0.4) is 0 Å². The van der Waals surface area contributed by atoms with Gasteiger partial charge in [0.2, 0.25) is 0 Å². The third kappa shape index (κ3) is 7.28. The molecule has 45 heavy (non-hydrogen) atoms. The minimum atomic E-state index is -1.02. The van der Waals surface area contributed by atoms with Gasteiger partial charge in [0.1, 0.15) is 0 Å². The maximum atomic E-state index is 13.8. The standard InChI is InChI=1S/C33H36Cl2N6O4/c34-27-6-5-23(21-28(27)35)22-30(31(42)39-19-17-38(18-20-39)25-7-12-36-13-8-25)45-33(44)40-14-10-26(11-15-40)41-16-9-24-3-1-2-4-29(24)37-32(41)43/h1-8,12-13,21,26,30H,9-11,14-20,22H2,(H,37,43). The molecule has 1 atom stereocenters. The second-order valence-electron chi connectivity index (χ2n) is 11.6. The number of para-hydroxylation sites is 1. The van der Waals surface area contributed by atoms with Crippen LogP contribution in [0.2, 0.25) is 10.0 Å². The molecule has 12 heteroatoms. The number of piperazine rings is 1. The summed E-state index contributed by atoms with van der Waals surface area (Å²) in [5, 5.41) is 3.82. The number of carbonyl (C=O) groups is 3. The average molecular weight is 652 g/mol. The quantitative estimate of drug-likeness (QED) is 0.387. The molecule has 0 saturated carbocycles. The van der Waals surface area contributed by atoms with Gasteiger partial charge in [0, 0.05) is 82.0 Å². The van der Waals surface area contributed by atoms with E-state index in [9.17, 15) is 14.4 Å². The largest absolute Gasteiger partial charge is 0.436 e. The number of halogens is 2. The summed E-state index contributed by atoms with van der Waals surface area (Å²) in [4.78, 5) is 51.9. The molecule has 0 spiro atoms. The molecule has 2 aromatic carbocycles. The second-order valence-corrected chi connectivity index (χ2v) is 12.4. The average Bonchev–Trinajstić information content (AvgIpc) is 3.24. The van der Waals surface area contributed by atoms with E-state index in [1.54, 1.807) is 40.4 Å². The fraction of sp³-hybridized carbons (Fsp3) is 0.394. The molecule has 1 N–H and O–H groups in total. The zero-order valence-electron chi connectivity index (χ0n) is 24.9. The number of hydrogen-bond acceptors (Lipinski definition) is 6. The second kappa shape index (κ2) is 14.0. The normalized spacial score (nSPS) is 18.1. The van der Waals surface area contributed by atoms with E-state index in [4.69, 9.17) is 27.9 Å². The van der Waals surface area contributed by atoms with E-state index in [0.717, 1.165) is 28.9 Å². The first kappa shape index (κ1) is 31.0. The number of carbonyl (C=O) groups excluding carboxylic acids is 3. The summed E-state index contributed by atoms with van der Waals surface area (Å²) in [6.07, 6.45) is 4.16. The van der Waals surface area contributed by atoms with Crippen LogP contribution in [0.4, 0.5) is 21.0 Å².